The molecule has 0 aromatic heterocycles. The van der Waals surface area contributed by atoms with E-state index >= 15 is 0 Å². The summed E-state index contributed by atoms with van der Waals surface area (Å²) in [7, 11) is 0. The SMILES string of the molecule is Cc1ccc(OCC(C)(NC(C)C)C(N)=O)cc1F. The molecule has 0 bridgehead atoms. The van der Waals surface area contributed by atoms with Gasteiger partial charge in [0.25, 0.3) is 0 Å². The number of halogens is 1. The highest BCUT2D eigenvalue weighted by Crippen LogP contribution is 2.17. The van der Waals surface area contributed by atoms with Gasteiger partial charge < -0.3 is 10.5 Å². The molecule has 106 valence electrons. The zero-order chi connectivity index (χ0) is 14.6. The minimum Gasteiger partial charge on any atom is -0.491 e. The smallest absolute Gasteiger partial charge is 0.240 e. The van der Waals surface area contributed by atoms with E-state index in [9.17, 15) is 9.18 Å². The van der Waals surface area contributed by atoms with Crippen molar-refractivity contribution in [1.82, 2.24) is 5.32 Å². The number of amides is 1. The van der Waals surface area contributed by atoms with Crippen LogP contribution in [0.2, 0.25) is 0 Å². The van der Waals surface area contributed by atoms with E-state index in [1.165, 1.54) is 6.07 Å². The fraction of sp³-hybridized carbons (Fsp3) is 0.500. The number of rotatable bonds is 6. The lowest BCUT2D eigenvalue weighted by atomic mass is 10.0. The van der Waals surface area contributed by atoms with E-state index in [4.69, 9.17) is 10.5 Å². The van der Waals surface area contributed by atoms with E-state index in [0.717, 1.165) is 0 Å². The van der Waals surface area contributed by atoms with Crippen LogP contribution in [0.3, 0.4) is 0 Å². The molecule has 1 aromatic rings. The van der Waals surface area contributed by atoms with E-state index in [1.807, 2.05) is 13.8 Å². The van der Waals surface area contributed by atoms with Gasteiger partial charge >= 0.3 is 0 Å². The summed E-state index contributed by atoms with van der Waals surface area (Å²) in [6.45, 7) is 7.20. The third-order valence-corrected chi connectivity index (χ3v) is 2.82. The van der Waals surface area contributed by atoms with Crippen molar-refractivity contribution in [2.24, 2.45) is 5.73 Å². The standard InChI is InChI=1S/C14H21FN2O2/c1-9(2)17-14(4,13(16)18)8-19-11-6-5-10(3)12(15)7-11/h5-7,9,17H,8H2,1-4H3,(H2,16,18). The Morgan fingerprint density at radius 2 is 2.16 bits per heavy atom. The molecule has 0 spiro atoms. The number of aryl methyl sites for hydroxylation is 1. The number of hydrogen-bond donors (Lipinski definition) is 2. The van der Waals surface area contributed by atoms with Crippen molar-refractivity contribution >= 4 is 5.91 Å². The Morgan fingerprint density at radius 1 is 1.53 bits per heavy atom. The molecule has 0 fully saturated rings. The molecule has 0 radical (unpaired) electrons. The van der Waals surface area contributed by atoms with Crippen LogP contribution in [0.1, 0.15) is 26.3 Å². The normalized spacial score (nSPS) is 14.2. The number of ether oxygens (including phenoxy) is 1. The monoisotopic (exact) mass is 268 g/mol. The summed E-state index contributed by atoms with van der Waals surface area (Å²) in [6, 6.07) is 4.67. The molecule has 1 rings (SSSR count). The van der Waals surface area contributed by atoms with E-state index in [1.54, 1.807) is 26.0 Å². The molecule has 3 N–H and O–H groups in total. The summed E-state index contributed by atoms with van der Waals surface area (Å²) in [6.07, 6.45) is 0. The Labute approximate surface area is 113 Å². The second-order valence-electron chi connectivity index (χ2n) is 5.20. The molecule has 1 unspecified atom stereocenters. The van der Waals surface area contributed by atoms with Gasteiger partial charge in [-0.1, -0.05) is 6.07 Å². The molecule has 0 saturated carbocycles. The molecule has 1 amide bonds. The van der Waals surface area contributed by atoms with Crippen molar-refractivity contribution in [3.63, 3.8) is 0 Å². The van der Waals surface area contributed by atoms with Gasteiger partial charge in [0.2, 0.25) is 5.91 Å². The van der Waals surface area contributed by atoms with Gasteiger partial charge in [-0.25, -0.2) is 4.39 Å². The molecule has 0 heterocycles. The van der Waals surface area contributed by atoms with Crippen LogP contribution in [0.5, 0.6) is 5.75 Å². The third kappa shape index (κ3) is 4.21. The second kappa shape index (κ2) is 6.02. The number of nitrogens with one attached hydrogen (secondary N) is 1. The summed E-state index contributed by atoms with van der Waals surface area (Å²) in [5, 5.41) is 3.06. The Morgan fingerprint density at radius 3 is 2.63 bits per heavy atom. The van der Waals surface area contributed by atoms with E-state index in [2.05, 4.69) is 5.32 Å². The molecule has 0 aliphatic heterocycles. The van der Waals surface area contributed by atoms with E-state index in [-0.39, 0.29) is 18.5 Å². The first kappa shape index (κ1) is 15.4. The average molecular weight is 268 g/mol. The van der Waals surface area contributed by atoms with Gasteiger partial charge in [0.15, 0.2) is 0 Å². The Bertz CT molecular complexity index is 463. The Balaban J connectivity index is 2.76. The molecule has 1 aromatic carbocycles. The van der Waals surface area contributed by atoms with Gasteiger partial charge in [-0.05, 0) is 39.3 Å². The maximum Gasteiger partial charge on any atom is 0.240 e. The van der Waals surface area contributed by atoms with E-state index in [0.29, 0.717) is 11.3 Å². The van der Waals surface area contributed by atoms with Crippen molar-refractivity contribution in [2.75, 3.05) is 6.61 Å². The fourth-order valence-electron chi connectivity index (χ4n) is 1.71. The minimum atomic E-state index is -0.991. The summed E-state index contributed by atoms with van der Waals surface area (Å²) in [5.74, 6) is -0.468. The van der Waals surface area contributed by atoms with Crippen molar-refractivity contribution in [3.8, 4) is 5.75 Å². The molecule has 19 heavy (non-hydrogen) atoms. The summed E-state index contributed by atoms with van der Waals surface area (Å²) >= 11 is 0. The molecular weight excluding hydrogens is 247 g/mol. The number of primary amides is 1. The minimum absolute atomic E-state index is 0.0447. The third-order valence-electron chi connectivity index (χ3n) is 2.82. The van der Waals surface area contributed by atoms with Crippen LogP contribution in [0, 0.1) is 12.7 Å². The van der Waals surface area contributed by atoms with Crippen LogP contribution in [0.25, 0.3) is 0 Å². The van der Waals surface area contributed by atoms with Crippen molar-refractivity contribution in [3.05, 3.63) is 29.6 Å². The lowest BCUT2D eigenvalue weighted by molar-refractivity contribution is -0.125. The molecule has 0 aliphatic rings. The first-order valence-corrected chi connectivity index (χ1v) is 6.21. The zero-order valence-electron chi connectivity index (χ0n) is 11.8. The van der Waals surface area contributed by atoms with Crippen LogP contribution in [-0.2, 0) is 4.79 Å². The number of carbonyl (C=O) groups excluding carboxylic acids is 1. The highest BCUT2D eigenvalue weighted by Gasteiger charge is 2.32. The fourth-order valence-corrected chi connectivity index (χ4v) is 1.71. The molecule has 4 nitrogen and oxygen atoms in total. The number of benzene rings is 1. The predicted octanol–water partition coefficient (Wildman–Crippen LogP) is 1.75. The highest BCUT2D eigenvalue weighted by molar-refractivity contribution is 5.84. The van der Waals surface area contributed by atoms with Crippen LogP contribution >= 0.6 is 0 Å². The molecule has 1 atom stereocenters. The van der Waals surface area contributed by atoms with Crippen LogP contribution in [-0.4, -0.2) is 24.1 Å². The van der Waals surface area contributed by atoms with Crippen LogP contribution in [0.15, 0.2) is 18.2 Å². The van der Waals surface area contributed by atoms with Crippen molar-refractivity contribution < 1.29 is 13.9 Å². The lowest BCUT2D eigenvalue weighted by Crippen LogP contribution is -2.59. The average Bonchev–Trinajstić information content (AvgIpc) is 2.29. The summed E-state index contributed by atoms with van der Waals surface area (Å²) < 4.78 is 18.8. The van der Waals surface area contributed by atoms with Gasteiger partial charge in [0.05, 0.1) is 0 Å². The van der Waals surface area contributed by atoms with Crippen molar-refractivity contribution in [2.45, 2.75) is 39.3 Å². The first-order chi connectivity index (χ1) is 8.74. The quantitative estimate of drug-likeness (QED) is 0.826. The topological polar surface area (TPSA) is 64.3 Å². The lowest BCUT2D eigenvalue weighted by Gasteiger charge is -2.29. The maximum absolute atomic E-state index is 13.4. The van der Waals surface area contributed by atoms with Gasteiger partial charge in [0, 0.05) is 12.1 Å². The molecule has 5 heteroatoms. The zero-order valence-corrected chi connectivity index (χ0v) is 11.8. The number of carbonyl (C=O) groups is 1. The predicted molar refractivity (Wildman–Crippen MR) is 72.5 cm³/mol. The molecule has 0 saturated heterocycles. The second-order valence-corrected chi connectivity index (χ2v) is 5.20. The van der Waals surface area contributed by atoms with Gasteiger partial charge in [-0.3, -0.25) is 10.1 Å². The van der Waals surface area contributed by atoms with Gasteiger partial charge in [-0.15, -0.1) is 0 Å². The van der Waals surface area contributed by atoms with Crippen LogP contribution < -0.4 is 15.8 Å². The largest absolute Gasteiger partial charge is 0.491 e. The summed E-state index contributed by atoms with van der Waals surface area (Å²) in [5.41, 5.74) is 4.94. The molecular formula is C14H21FN2O2. The summed E-state index contributed by atoms with van der Waals surface area (Å²) in [4.78, 5) is 11.5. The Kier molecular flexibility index (Phi) is 4.89. The van der Waals surface area contributed by atoms with Gasteiger partial charge in [-0.2, -0.15) is 0 Å². The number of hydrogen-bond acceptors (Lipinski definition) is 3. The van der Waals surface area contributed by atoms with Crippen molar-refractivity contribution in [1.29, 1.82) is 0 Å². The van der Waals surface area contributed by atoms with E-state index < -0.39 is 11.4 Å². The number of nitrogens with two attached hydrogens (primary N) is 1. The Hall–Kier alpha value is -1.62. The maximum atomic E-state index is 13.4. The molecule has 0 aliphatic carbocycles. The van der Waals surface area contributed by atoms with Gasteiger partial charge in [0.1, 0.15) is 23.7 Å². The van der Waals surface area contributed by atoms with Crippen LogP contribution in [0.4, 0.5) is 4.39 Å². The first-order valence-electron chi connectivity index (χ1n) is 6.21. The highest BCUT2D eigenvalue weighted by atomic mass is 19.1.